The molecule has 1 heterocycles. The first kappa shape index (κ1) is 8.08. The van der Waals surface area contributed by atoms with Crippen molar-refractivity contribution in [3.63, 3.8) is 0 Å². The van der Waals surface area contributed by atoms with Gasteiger partial charge in [0.2, 0.25) is 0 Å². The topological polar surface area (TPSA) is 70.8 Å². The van der Waals surface area contributed by atoms with Gasteiger partial charge < -0.3 is 0 Å². The zero-order valence-corrected chi connectivity index (χ0v) is 6.02. The van der Waals surface area contributed by atoms with E-state index in [9.17, 15) is 9.59 Å². The van der Waals surface area contributed by atoms with Gasteiger partial charge in [-0.3, -0.25) is 9.59 Å². The molecule has 4 nitrogen and oxygen atoms in total. The molecule has 0 aliphatic heterocycles. The molecule has 0 N–H and O–H groups in total. The molecule has 0 saturated carbocycles. The summed E-state index contributed by atoms with van der Waals surface area (Å²) >= 11 is 0. The van der Waals surface area contributed by atoms with E-state index in [4.69, 9.17) is 5.26 Å². The fraction of sp³-hybridized carbons (Fsp3) is 0. The van der Waals surface area contributed by atoms with Crippen LogP contribution in [0.2, 0.25) is 0 Å². The van der Waals surface area contributed by atoms with E-state index in [0.717, 1.165) is 0 Å². The molecule has 0 aliphatic carbocycles. The molecule has 4 heteroatoms. The Morgan fingerprint density at radius 2 is 2.08 bits per heavy atom. The first-order valence-corrected chi connectivity index (χ1v) is 3.13. The highest BCUT2D eigenvalue weighted by Gasteiger charge is 2.02. The van der Waals surface area contributed by atoms with Crippen molar-refractivity contribution in [3.8, 4) is 6.07 Å². The predicted octanol–water partition coefficient (Wildman–Crippen LogP) is 0.578. The molecule has 0 saturated heterocycles. The average molecular weight is 160 g/mol. The lowest BCUT2D eigenvalue weighted by atomic mass is 10.2. The number of aldehydes is 2. The van der Waals surface area contributed by atoms with E-state index in [1.54, 1.807) is 6.07 Å². The number of aromatic nitrogens is 1. The molecule has 12 heavy (non-hydrogen) atoms. The van der Waals surface area contributed by atoms with Gasteiger partial charge in [-0.05, 0) is 12.1 Å². The molecule has 0 spiro atoms. The summed E-state index contributed by atoms with van der Waals surface area (Å²) < 4.78 is 0. The Bertz CT molecular complexity index is 366. The predicted molar refractivity (Wildman–Crippen MR) is 39.7 cm³/mol. The highest BCUT2D eigenvalue weighted by atomic mass is 16.1. The van der Waals surface area contributed by atoms with Crippen molar-refractivity contribution in [1.29, 1.82) is 5.26 Å². The monoisotopic (exact) mass is 160 g/mol. The lowest BCUT2D eigenvalue weighted by Crippen LogP contribution is -1.96. The minimum Gasteiger partial charge on any atom is -0.298 e. The van der Waals surface area contributed by atoms with Crippen molar-refractivity contribution in [2.75, 3.05) is 0 Å². The van der Waals surface area contributed by atoms with Crippen LogP contribution in [-0.2, 0) is 0 Å². The van der Waals surface area contributed by atoms with Gasteiger partial charge in [0.15, 0.2) is 12.6 Å². The number of rotatable bonds is 2. The van der Waals surface area contributed by atoms with Gasteiger partial charge in [-0.2, -0.15) is 5.26 Å². The number of nitriles is 1. The highest BCUT2D eigenvalue weighted by molar-refractivity contribution is 5.88. The molecule has 0 radical (unpaired) electrons. The fourth-order valence-electron chi connectivity index (χ4n) is 0.742. The minimum atomic E-state index is 0.00375. The van der Waals surface area contributed by atoms with Crippen LogP contribution < -0.4 is 0 Å². The summed E-state index contributed by atoms with van der Waals surface area (Å²) in [4.78, 5) is 24.2. The Morgan fingerprint density at radius 3 is 2.58 bits per heavy atom. The van der Waals surface area contributed by atoms with Gasteiger partial charge >= 0.3 is 0 Å². The van der Waals surface area contributed by atoms with E-state index in [-0.39, 0.29) is 17.0 Å². The van der Waals surface area contributed by atoms with E-state index in [1.165, 1.54) is 12.1 Å². The Kier molecular flexibility index (Phi) is 2.29. The number of carbonyl (C=O) groups excluding carboxylic acids is 2. The lowest BCUT2D eigenvalue weighted by Gasteiger charge is -1.94. The molecule has 1 aromatic rings. The Labute approximate surface area is 68.5 Å². The Hall–Kier alpha value is -2.02. The number of nitrogens with zero attached hydrogens (tertiary/aromatic N) is 2. The zero-order valence-electron chi connectivity index (χ0n) is 6.02. The summed E-state index contributed by atoms with van der Waals surface area (Å²) in [5.74, 6) is 0. The summed E-state index contributed by atoms with van der Waals surface area (Å²) in [5, 5.41) is 8.40. The molecular formula is C8H4N2O2. The summed E-state index contributed by atoms with van der Waals surface area (Å²) in [6.07, 6.45) is 0.975. The second-order valence-corrected chi connectivity index (χ2v) is 2.02. The maximum absolute atomic E-state index is 10.3. The van der Waals surface area contributed by atoms with Gasteiger partial charge in [-0.15, -0.1) is 0 Å². The lowest BCUT2D eigenvalue weighted by molar-refractivity contribution is 0.109. The van der Waals surface area contributed by atoms with Gasteiger partial charge in [0, 0.05) is 5.56 Å². The second-order valence-electron chi connectivity index (χ2n) is 2.02. The van der Waals surface area contributed by atoms with E-state index in [0.29, 0.717) is 12.6 Å². The molecule has 0 aromatic carbocycles. The summed E-state index contributed by atoms with van der Waals surface area (Å²) in [6.45, 7) is 0. The van der Waals surface area contributed by atoms with Gasteiger partial charge in [-0.1, -0.05) is 0 Å². The van der Waals surface area contributed by atoms with Gasteiger partial charge in [0.25, 0.3) is 0 Å². The summed E-state index contributed by atoms with van der Waals surface area (Å²) in [7, 11) is 0. The largest absolute Gasteiger partial charge is 0.298 e. The fourth-order valence-corrected chi connectivity index (χ4v) is 0.742. The first-order valence-electron chi connectivity index (χ1n) is 3.13. The SMILES string of the molecule is N#Cc1ccc(C=O)c(C=O)n1. The normalized spacial score (nSPS) is 8.58. The second kappa shape index (κ2) is 3.39. The van der Waals surface area contributed by atoms with Gasteiger partial charge in [0.05, 0.1) is 0 Å². The smallest absolute Gasteiger partial charge is 0.169 e. The van der Waals surface area contributed by atoms with E-state index < -0.39 is 0 Å². The van der Waals surface area contributed by atoms with Crippen molar-refractivity contribution in [2.24, 2.45) is 0 Å². The number of hydrogen-bond donors (Lipinski definition) is 0. The first-order chi connectivity index (χ1) is 5.81. The van der Waals surface area contributed by atoms with Crippen LogP contribution in [-0.4, -0.2) is 17.6 Å². The van der Waals surface area contributed by atoms with Crippen molar-refractivity contribution >= 4 is 12.6 Å². The van der Waals surface area contributed by atoms with Crippen LogP contribution in [0.3, 0.4) is 0 Å². The van der Waals surface area contributed by atoms with Crippen LogP contribution in [0.15, 0.2) is 12.1 Å². The highest BCUT2D eigenvalue weighted by Crippen LogP contribution is 2.02. The third-order valence-corrected chi connectivity index (χ3v) is 1.31. The molecule has 58 valence electrons. The van der Waals surface area contributed by atoms with Crippen molar-refractivity contribution in [3.05, 3.63) is 29.1 Å². The Morgan fingerprint density at radius 1 is 1.33 bits per heavy atom. The van der Waals surface area contributed by atoms with Crippen molar-refractivity contribution < 1.29 is 9.59 Å². The molecule has 0 fully saturated rings. The average Bonchev–Trinajstić information content (AvgIpc) is 2.16. The third kappa shape index (κ3) is 1.35. The molecule has 0 unspecified atom stereocenters. The number of pyridine rings is 1. The van der Waals surface area contributed by atoms with Crippen LogP contribution in [0.4, 0.5) is 0 Å². The summed E-state index contributed by atoms with van der Waals surface area (Å²) in [6, 6.07) is 4.54. The zero-order chi connectivity index (χ0) is 8.97. The molecule has 0 amide bonds. The number of carbonyl (C=O) groups is 2. The molecule has 1 rings (SSSR count). The molecule has 0 aliphatic rings. The Balaban J connectivity index is 3.30. The van der Waals surface area contributed by atoms with Crippen LogP contribution in [0, 0.1) is 11.3 Å². The molecule has 0 bridgehead atoms. The van der Waals surface area contributed by atoms with Crippen molar-refractivity contribution in [2.45, 2.75) is 0 Å². The number of hydrogen-bond acceptors (Lipinski definition) is 4. The van der Waals surface area contributed by atoms with E-state index >= 15 is 0 Å². The van der Waals surface area contributed by atoms with Gasteiger partial charge in [-0.25, -0.2) is 4.98 Å². The van der Waals surface area contributed by atoms with E-state index in [2.05, 4.69) is 4.98 Å². The van der Waals surface area contributed by atoms with Crippen LogP contribution in [0.1, 0.15) is 26.5 Å². The maximum Gasteiger partial charge on any atom is 0.169 e. The quantitative estimate of drug-likeness (QED) is 0.593. The molecule has 0 atom stereocenters. The van der Waals surface area contributed by atoms with Gasteiger partial charge in [0.1, 0.15) is 17.5 Å². The van der Waals surface area contributed by atoms with Crippen LogP contribution in [0.25, 0.3) is 0 Å². The van der Waals surface area contributed by atoms with E-state index in [1.807, 2.05) is 0 Å². The molecule has 1 aromatic heterocycles. The maximum atomic E-state index is 10.3. The third-order valence-electron chi connectivity index (χ3n) is 1.31. The standard InChI is InChI=1S/C8H4N2O2/c9-3-7-2-1-6(4-11)8(5-12)10-7/h1-2,4-5H. The van der Waals surface area contributed by atoms with Crippen LogP contribution >= 0.6 is 0 Å². The van der Waals surface area contributed by atoms with Crippen LogP contribution in [0.5, 0.6) is 0 Å². The van der Waals surface area contributed by atoms with Crippen molar-refractivity contribution in [1.82, 2.24) is 4.98 Å². The summed E-state index contributed by atoms with van der Waals surface area (Å²) in [5.41, 5.74) is 0.329. The molecular weight excluding hydrogens is 156 g/mol. The minimum absolute atomic E-state index is 0.00375.